The quantitative estimate of drug-likeness (QED) is 0.849. The van der Waals surface area contributed by atoms with Crippen molar-refractivity contribution < 1.29 is 4.74 Å². The molecule has 0 aliphatic carbocycles. The highest BCUT2D eigenvalue weighted by Crippen LogP contribution is 2.34. The molecule has 0 unspecified atom stereocenters. The van der Waals surface area contributed by atoms with Crippen LogP contribution in [0.4, 0.5) is 5.69 Å². The predicted octanol–water partition coefficient (Wildman–Crippen LogP) is 3.38. The molecule has 3 nitrogen and oxygen atoms in total. The number of methoxy groups -OCH3 is 1. The van der Waals surface area contributed by atoms with E-state index in [1.165, 1.54) is 0 Å². The van der Waals surface area contributed by atoms with E-state index < -0.39 is 0 Å². The zero-order valence-electron chi connectivity index (χ0n) is 10.4. The lowest BCUT2D eigenvalue weighted by Gasteiger charge is -2.17. The first-order valence-corrected chi connectivity index (χ1v) is 6.14. The Balaban J connectivity index is 2.88. The van der Waals surface area contributed by atoms with Crippen molar-refractivity contribution in [3.63, 3.8) is 0 Å². The van der Waals surface area contributed by atoms with Gasteiger partial charge in [-0.15, -0.1) is 0 Å². The summed E-state index contributed by atoms with van der Waals surface area (Å²) in [5.74, 6) is 0.793. The fourth-order valence-corrected chi connectivity index (χ4v) is 2.33. The Morgan fingerprint density at radius 1 is 1.24 bits per heavy atom. The van der Waals surface area contributed by atoms with Crippen LogP contribution in [0.25, 0.3) is 10.9 Å². The van der Waals surface area contributed by atoms with Crippen LogP contribution in [0.3, 0.4) is 0 Å². The Hall–Kier alpha value is -1.29. The average molecular weight is 295 g/mol. The molecular weight excluding hydrogens is 280 g/mol. The maximum atomic E-state index is 5.39. The van der Waals surface area contributed by atoms with Gasteiger partial charge in [-0.3, -0.25) is 0 Å². The van der Waals surface area contributed by atoms with E-state index >= 15 is 0 Å². The molecule has 4 heteroatoms. The van der Waals surface area contributed by atoms with Crippen LogP contribution in [-0.2, 0) is 0 Å². The summed E-state index contributed by atoms with van der Waals surface area (Å²) in [5, 5.41) is 1.09. The molecule has 1 heterocycles. The molecule has 0 amide bonds. The van der Waals surface area contributed by atoms with Gasteiger partial charge in [0.25, 0.3) is 0 Å². The van der Waals surface area contributed by atoms with Gasteiger partial charge in [-0.05, 0) is 25.1 Å². The summed E-state index contributed by atoms with van der Waals surface area (Å²) < 4.78 is 6.38. The minimum absolute atomic E-state index is 0.793. The topological polar surface area (TPSA) is 25.4 Å². The summed E-state index contributed by atoms with van der Waals surface area (Å²) in [6.07, 6.45) is 0. The summed E-state index contributed by atoms with van der Waals surface area (Å²) >= 11 is 3.50. The van der Waals surface area contributed by atoms with Crippen molar-refractivity contribution in [2.24, 2.45) is 0 Å². The Morgan fingerprint density at radius 2 is 1.94 bits per heavy atom. The Morgan fingerprint density at radius 3 is 2.53 bits per heavy atom. The zero-order valence-corrected chi connectivity index (χ0v) is 12.0. The van der Waals surface area contributed by atoms with E-state index in [0.717, 1.165) is 32.5 Å². The molecule has 1 aromatic carbocycles. The predicted molar refractivity (Wildman–Crippen MR) is 75.1 cm³/mol. The Labute approximate surface area is 110 Å². The highest BCUT2D eigenvalue weighted by molar-refractivity contribution is 9.10. The molecule has 0 saturated heterocycles. The Bertz CT molecular complexity index is 567. The van der Waals surface area contributed by atoms with Crippen molar-refractivity contribution in [1.29, 1.82) is 0 Å². The van der Waals surface area contributed by atoms with Gasteiger partial charge in [0.05, 0.1) is 7.11 Å². The molecule has 2 rings (SSSR count). The molecule has 0 radical (unpaired) electrons. The summed E-state index contributed by atoms with van der Waals surface area (Å²) in [7, 11) is 5.73. The minimum Gasteiger partial charge on any atom is -0.494 e. The van der Waals surface area contributed by atoms with Crippen molar-refractivity contribution in [2.45, 2.75) is 6.92 Å². The van der Waals surface area contributed by atoms with E-state index in [9.17, 15) is 0 Å². The van der Waals surface area contributed by atoms with Gasteiger partial charge in [-0.2, -0.15) is 0 Å². The van der Waals surface area contributed by atoms with E-state index in [0.29, 0.717) is 0 Å². The SMILES string of the molecule is COc1cc(Br)cc2c(N(C)C)cc(C)nc12. The van der Waals surface area contributed by atoms with Gasteiger partial charge in [0.2, 0.25) is 0 Å². The van der Waals surface area contributed by atoms with Crippen LogP contribution in [0, 0.1) is 6.92 Å². The van der Waals surface area contributed by atoms with Crippen LogP contribution in [0.2, 0.25) is 0 Å². The third-order valence-electron chi connectivity index (χ3n) is 2.65. The summed E-state index contributed by atoms with van der Waals surface area (Å²) in [5.41, 5.74) is 3.04. The molecular formula is C13H15BrN2O. The molecule has 2 aromatic rings. The lowest BCUT2D eigenvalue weighted by molar-refractivity contribution is 0.418. The fourth-order valence-electron chi connectivity index (χ4n) is 1.89. The second-order valence-corrected chi connectivity index (χ2v) is 5.10. The maximum absolute atomic E-state index is 5.39. The minimum atomic E-state index is 0.793. The number of rotatable bonds is 2. The largest absolute Gasteiger partial charge is 0.494 e. The standard InChI is InChI=1S/C13H15BrN2O/c1-8-5-11(16(2)3)10-6-9(14)7-12(17-4)13(10)15-8/h5-7H,1-4H3. The monoisotopic (exact) mass is 294 g/mol. The number of anilines is 1. The second-order valence-electron chi connectivity index (χ2n) is 4.18. The number of hydrogen-bond donors (Lipinski definition) is 0. The third kappa shape index (κ3) is 2.22. The second kappa shape index (κ2) is 4.53. The molecule has 0 fully saturated rings. The lowest BCUT2D eigenvalue weighted by Crippen LogP contribution is -2.10. The highest BCUT2D eigenvalue weighted by Gasteiger charge is 2.11. The fraction of sp³-hybridized carbons (Fsp3) is 0.308. The molecule has 0 aliphatic rings. The van der Waals surface area contributed by atoms with Crippen molar-refractivity contribution in [3.8, 4) is 5.75 Å². The first kappa shape index (κ1) is 12.2. The first-order chi connectivity index (χ1) is 8.02. The van der Waals surface area contributed by atoms with Gasteiger partial charge in [0.15, 0.2) is 0 Å². The van der Waals surface area contributed by atoms with Crippen molar-refractivity contribution >= 4 is 32.5 Å². The molecule has 0 N–H and O–H groups in total. The summed E-state index contributed by atoms with van der Waals surface area (Å²) in [4.78, 5) is 6.64. The molecule has 17 heavy (non-hydrogen) atoms. The van der Waals surface area contributed by atoms with Gasteiger partial charge < -0.3 is 9.64 Å². The number of nitrogens with zero attached hydrogens (tertiary/aromatic N) is 2. The van der Waals surface area contributed by atoms with Crippen LogP contribution < -0.4 is 9.64 Å². The number of pyridine rings is 1. The first-order valence-electron chi connectivity index (χ1n) is 5.35. The van der Waals surface area contributed by atoms with E-state index in [1.54, 1.807) is 7.11 Å². The molecule has 90 valence electrons. The number of aromatic nitrogens is 1. The van der Waals surface area contributed by atoms with Crippen LogP contribution in [-0.4, -0.2) is 26.2 Å². The van der Waals surface area contributed by atoms with Crippen LogP contribution in [0.5, 0.6) is 5.75 Å². The molecule has 0 bridgehead atoms. The molecule has 0 saturated carbocycles. The highest BCUT2D eigenvalue weighted by atomic mass is 79.9. The molecule has 0 atom stereocenters. The van der Waals surface area contributed by atoms with E-state index in [4.69, 9.17) is 4.74 Å². The normalized spacial score (nSPS) is 10.6. The van der Waals surface area contributed by atoms with Crippen LogP contribution >= 0.6 is 15.9 Å². The van der Waals surface area contributed by atoms with Crippen molar-refractivity contribution in [3.05, 3.63) is 28.4 Å². The smallest absolute Gasteiger partial charge is 0.146 e. The number of benzene rings is 1. The number of ether oxygens (including phenoxy) is 1. The third-order valence-corrected chi connectivity index (χ3v) is 3.11. The van der Waals surface area contributed by atoms with Gasteiger partial charge in [-0.25, -0.2) is 4.98 Å². The number of aryl methyl sites for hydroxylation is 1. The van der Waals surface area contributed by atoms with Crippen LogP contribution in [0.15, 0.2) is 22.7 Å². The zero-order chi connectivity index (χ0) is 12.6. The van der Waals surface area contributed by atoms with Gasteiger partial charge in [0, 0.05) is 35.3 Å². The van der Waals surface area contributed by atoms with Crippen molar-refractivity contribution in [2.75, 3.05) is 26.1 Å². The van der Waals surface area contributed by atoms with E-state index in [2.05, 4.69) is 37.9 Å². The van der Waals surface area contributed by atoms with Gasteiger partial charge in [-0.1, -0.05) is 15.9 Å². The number of fused-ring (bicyclic) bond motifs is 1. The number of halogens is 1. The molecule has 0 spiro atoms. The molecule has 1 aromatic heterocycles. The summed E-state index contributed by atoms with van der Waals surface area (Å²) in [6.45, 7) is 1.99. The van der Waals surface area contributed by atoms with Gasteiger partial charge >= 0.3 is 0 Å². The van der Waals surface area contributed by atoms with Crippen LogP contribution in [0.1, 0.15) is 5.69 Å². The maximum Gasteiger partial charge on any atom is 0.146 e. The lowest BCUT2D eigenvalue weighted by atomic mass is 10.1. The molecule has 0 aliphatic heterocycles. The van der Waals surface area contributed by atoms with Gasteiger partial charge in [0.1, 0.15) is 11.3 Å². The average Bonchev–Trinajstić information content (AvgIpc) is 2.27. The van der Waals surface area contributed by atoms with E-state index in [-0.39, 0.29) is 0 Å². The Kier molecular flexibility index (Phi) is 3.24. The van der Waals surface area contributed by atoms with E-state index in [1.807, 2.05) is 27.1 Å². The summed E-state index contributed by atoms with van der Waals surface area (Å²) in [6, 6.07) is 6.09. The number of hydrogen-bond acceptors (Lipinski definition) is 3. The van der Waals surface area contributed by atoms with Crippen molar-refractivity contribution in [1.82, 2.24) is 4.98 Å².